The molecular formula is C33H35ClF2N8O2. The summed E-state index contributed by atoms with van der Waals surface area (Å²) in [6, 6.07) is 4.03. The number of rotatable bonds is 7. The van der Waals surface area contributed by atoms with Gasteiger partial charge in [0.1, 0.15) is 29.8 Å². The van der Waals surface area contributed by atoms with Crippen LogP contribution >= 0.6 is 11.6 Å². The normalized spacial score (nSPS) is 29.4. The molecule has 2 N–H and O–H groups in total. The number of ether oxygens (including phenoxy) is 1. The number of nitrogens with one attached hydrogen (secondary N) is 1. The number of alkyl halides is 1. The number of aromatic nitrogens is 5. The molecule has 1 aromatic carbocycles. The van der Waals surface area contributed by atoms with E-state index >= 15 is 4.39 Å². The number of nitriles is 1. The number of β-amino-alcohol motifs (C(OH)–C–C–N with tert-alkyl or cyclic N) is 1. The molecule has 1 saturated carbocycles. The van der Waals surface area contributed by atoms with E-state index in [-0.39, 0.29) is 35.7 Å². The van der Waals surface area contributed by atoms with Crippen LogP contribution in [0.3, 0.4) is 0 Å². The maximum Gasteiger partial charge on any atom is 0.319 e. The van der Waals surface area contributed by atoms with Gasteiger partial charge in [0.25, 0.3) is 0 Å². The van der Waals surface area contributed by atoms with Crippen molar-refractivity contribution in [3.8, 4) is 23.3 Å². The van der Waals surface area contributed by atoms with Crippen molar-refractivity contribution in [2.75, 3.05) is 37.7 Å². The Morgan fingerprint density at radius 3 is 2.89 bits per heavy atom. The number of H-pyrrole nitrogens is 1. The number of halogens is 3. The number of benzene rings is 1. The average molecular weight is 649 g/mol. The zero-order chi connectivity index (χ0) is 31.8. The molecule has 0 amide bonds. The van der Waals surface area contributed by atoms with Crippen LogP contribution in [0.1, 0.15) is 63.4 Å². The van der Waals surface area contributed by atoms with E-state index in [1.54, 1.807) is 25.4 Å². The second-order valence-electron chi connectivity index (χ2n) is 13.8. The summed E-state index contributed by atoms with van der Waals surface area (Å²) >= 11 is 6.83. The average Bonchev–Trinajstić information content (AvgIpc) is 3.29. The summed E-state index contributed by atoms with van der Waals surface area (Å²) < 4.78 is 37.8. The fourth-order valence-electron chi connectivity index (χ4n) is 8.19. The molecule has 1 aliphatic carbocycles. The molecule has 3 saturated heterocycles. The third kappa shape index (κ3) is 4.95. The highest BCUT2D eigenvalue weighted by Crippen LogP contribution is 2.55. The maximum absolute atomic E-state index is 17.1. The molecule has 3 aromatic heterocycles. The maximum atomic E-state index is 17.1. The number of aliphatic hydroxyl groups is 1. The molecule has 46 heavy (non-hydrogen) atoms. The predicted molar refractivity (Wildman–Crippen MR) is 169 cm³/mol. The lowest BCUT2D eigenvalue weighted by Crippen LogP contribution is -2.46. The second kappa shape index (κ2) is 11.0. The topological polar surface area (TPSA) is 127 Å². The van der Waals surface area contributed by atoms with E-state index in [9.17, 15) is 14.8 Å². The first kappa shape index (κ1) is 29.7. The highest BCUT2D eigenvalue weighted by atomic mass is 35.5. The first-order valence-electron chi connectivity index (χ1n) is 16.0. The van der Waals surface area contributed by atoms with Gasteiger partial charge in [0.15, 0.2) is 5.82 Å². The standard InChI is InChI=1S/C33H35ClF2N8O2/c1-32(45)5-2-8-43(16-32)30-22-13-38-29(26-21-14-39-42-24(21)11-23(34)25(26)20-10-18(20)4-7-37)27(36)28(22)40-31(41-30)46-17-33-6-3-9-44(33)15-19(35)12-33/h11,13-14,18-20,45H,2-6,8-10,12,15-17H2,1H3,(H,39,42)/t18-,19+,20+,32+,33-/m0/s1. The summed E-state index contributed by atoms with van der Waals surface area (Å²) in [5, 5.41) is 28.9. The van der Waals surface area contributed by atoms with E-state index in [1.165, 1.54) is 0 Å². The SMILES string of the molecule is C[C@@]1(O)CCCN(c2nc(OC[C@@]34CCCN3C[C@H](F)C4)nc3c(F)c(-c4c([C@@H]5C[C@@H]5CC#N)c(Cl)cc5[nH]ncc45)ncc23)C1. The van der Waals surface area contributed by atoms with E-state index in [1.807, 2.05) is 4.90 Å². The van der Waals surface area contributed by atoms with Crippen LogP contribution in [-0.2, 0) is 0 Å². The smallest absolute Gasteiger partial charge is 0.319 e. The Kier molecular flexibility index (Phi) is 7.08. The number of pyridine rings is 1. The van der Waals surface area contributed by atoms with E-state index in [0.717, 1.165) is 37.8 Å². The van der Waals surface area contributed by atoms with Gasteiger partial charge in [-0.3, -0.25) is 15.0 Å². The fourth-order valence-corrected chi connectivity index (χ4v) is 8.53. The van der Waals surface area contributed by atoms with Crippen LogP contribution in [0.2, 0.25) is 5.02 Å². The summed E-state index contributed by atoms with van der Waals surface area (Å²) in [4.78, 5) is 18.1. The Bertz CT molecular complexity index is 1900. The van der Waals surface area contributed by atoms with Gasteiger partial charge in [0.05, 0.1) is 34.3 Å². The lowest BCUT2D eigenvalue weighted by molar-refractivity contribution is 0.0447. The summed E-state index contributed by atoms with van der Waals surface area (Å²) in [7, 11) is 0. The van der Waals surface area contributed by atoms with Crippen molar-refractivity contribution < 1.29 is 18.6 Å². The van der Waals surface area contributed by atoms with Crippen LogP contribution < -0.4 is 9.64 Å². The van der Waals surface area contributed by atoms with Crippen LogP contribution in [0.4, 0.5) is 14.6 Å². The van der Waals surface area contributed by atoms with E-state index < -0.39 is 23.1 Å². The summed E-state index contributed by atoms with van der Waals surface area (Å²) in [6.07, 6.45) is 7.00. The van der Waals surface area contributed by atoms with Crippen molar-refractivity contribution >= 4 is 39.2 Å². The quantitative estimate of drug-likeness (QED) is 0.260. The molecule has 4 aromatic rings. The molecular weight excluding hydrogens is 614 g/mol. The molecule has 3 aliphatic heterocycles. The monoisotopic (exact) mass is 648 g/mol. The molecule has 10 nitrogen and oxygen atoms in total. The van der Waals surface area contributed by atoms with Crippen molar-refractivity contribution in [3.63, 3.8) is 0 Å². The molecule has 6 heterocycles. The van der Waals surface area contributed by atoms with Gasteiger partial charge in [-0.25, -0.2) is 8.78 Å². The van der Waals surface area contributed by atoms with Crippen LogP contribution in [0, 0.1) is 23.1 Å². The summed E-state index contributed by atoms with van der Waals surface area (Å²) in [5.41, 5.74) is 0.676. The van der Waals surface area contributed by atoms with Crippen LogP contribution in [0.25, 0.3) is 33.1 Å². The Hall–Kier alpha value is -3.66. The Morgan fingerprint density at radius 1 is 1.22 bits per heavy atom. The Labute approximate surface area is 269 Å². The van der Waals surface area contributed by atoms with Gasteiger partial charge >= 0.3 is 6.01 Å². The van der Waals surface area contributed by atoms with Crippen molar-refractivity contribution in [3.05, 3.63) is 34.9 Å². The van der Waals surface area contributed by atoms with Crippen LogP contribution in [0.5, 0.6) is 6.01 Å². The number of nitrogens with zero attached hydrogens (tertiary/aromatic N) is 7. The molecule has 0 spiro atoms. The molecule has 0 radical (unpaired) electrons. The number of piperidine rings is 1. The molecule has 5 atom stereocenters. The van der Waals surface area contributed by atoms with Crippen molar-refractivity contribution in [1.82, 2.24) is 30.0 Å². The minimum absolute atomic E-state index is 0.00310. The molecule has 8 rings (SSSR count). The van der Waals surface area contributed by atoms with Gasteiger partial charge in [0, 0.05) is 54.6 Å². The lowest BCUT2D eigenvalue weighted by atomic mass is 9.94. The minimum Gasteiger partial charge on any atom is -0.461 e. The molecule has 0 unspecified atom stereocenters. The van der Waals surface area contributed by atoms with E-state index in [4.69, 9.17) is 21.3 Å². The first-order chi connectivity index (χ1) is 22.2. The molecule has 4 fully saturated rings. The number of hydrogen-bond acceptors (Lipinski definition) is 9. The van der Waals surface area contributed by atoms with Gasteiger partial charge in [-0.2, -0.15) is 20.3 Å². The Balaban J connectivity index is 1.27. The lowest BCUT2D eigenvalue weighted by Gasteiger charge is -2.38. The number of fused-ring (bicyclic) bond motifs is 3. The first-order valence-corrected chi connectivity index (χ1v) is 16.4. The third-order valence-electron chi connectivity index (χ3n) is 10.5. The fraction of sp³-hybridized carbons (Fsp3) is 0.545. The van der Waals surface area contributed by atoms with E-state index in [0.29, 0.717) is 71.6 Å². The van der Waals surface area contributed by atoms with Crippen molar-refractivity contribution in [2.45, 2.75) is 75.1 Å². The number of hydrogen-bond donors (Lipinski definition) is 2. The van der Waals surface area contributed by atoms with Crippen molar-refractivity contribution in [1.29, 1.82) is 5.26 Å². The van der Waals surface area contributed by atoms with Gasteiger partial charge in [-0.05, 0) is 69.0 Å². The molecule has 240 valence electrons. The zero-order valence-electron chi connectivity index (χ0n) is 25.6. The van der Waals surface area contributed by atoms with Crippen LogP contribution in [-0.4, -0.2) is 85.3 Å². The summed E-state index contributed by atoms with van der Waals surface area (Å²) in [5.74, 6) is -0.0923. The highest BCUT2D eigenvalue weighted by molar-refractivity contribution is 6.33. The Morgan fingerprint density at radius 2 is 2.07 bits per heavy atom. The van der Waals surface area contributed by atoms with Crippen LogP contribution in [0.15, 0.2) is 18.5 Å². The number of aromatic amines is 1. The molecule has 13 heteroatoms. The summed E-state index contributed by atoms with van der Waals surface area (Å²) in [6.45, 7) is 4.11. The van der Waals surface area contributed by atoms with Gasteiger partial charge in [-0.15, -0.1) is 0 Å². The van der Waals surface area contributed by atoms with Gasteiger partial charge in [0.2, 0.25) is 0 Å². The zero-order valence-corrected chi connectivity index (χ0v) is 26.3. The molecule has 4 aliphatic rings. The number of anilines is 1. The van der Waals surface area contributed by atoms with Crippen molar-refractivity contribution in [2.24, 2.45) is 5.92 Å². The largest absolute Gasteiger partial charge is 0.461 e. The van der Waals surface area contributed by atoms with E-state index in [2.05, 4.69) is 31.1 Å². The van der Waals surface area contributed by atoms with Gasteiger partial charge < -0.3 is 14.7 Å². The van der Waals surface area contributed by atoms with Gasteiger partial charge in [-0.1, -0.05) is 11.6 Å². The minimum atomic E-state index is -0.946. The predicted octanol–water partition coefficient (Wildman–Crippen LogP) is 5.68. The third-order valence-corrected chi connectivity index (χ3v) is 10.8. The second-order valence-corrected chi connectivity index (χ2v) is 14.2. The molecule has 0 bridgehead atoms. The highest BCUT2D eigenvalue weighted by Gasteiger charge is 2.49.